The highest BCUT2D eigenvalue weighted by Crippen LogP contribution is 2.23. The Morgan fingerprint density at radius 3 is 2.64 bits per heavy atom. The summed E-state index contributed by atoms with van der Waals surface area (Å²) in [6.45, 7) is 1.78. The molecule has 0 fully saturated rings. The molecule has 0 unspecified atom stereocenters. The molecule has 60 valence electrons. The fourth-order valence-electron chi connectivity index (χ4n) is 0.959. The Labute approximate surface area is 70.6 Å². The van der Waals surface area contributed by atoms with E-state index in [-0.39, 0.29) is 6.61 Å². The Morgan fingerprint density at radius 1 is 1.55 bits per heavy atom. The van der Waals surface area contributed by atoms with E-state index < -0.39 is 0 Å². The van der Waals surface area contributed by atoms with Crippen molar-refractivity contribution < 1.29 is 5.11 Å². The van der Waals surface area contributed by atoms with Gasteiger partial charge in [0.25, 0.3) is 0 Å². The number of nitrogens with two attached hydrogens (primary N) is 1. The second kappa shape index (κ2) is 3.11. The summed E-state index contributed by atoms with van der Waals surface area (Å²) in [5.41, 5.74) is 7.75. The second-order valence-corrected chi connectivity index (χ2v) is 2.81. The van der Waals surface area contributed by atoms with Gasteiger partial charge >= 0.3 is 0 Å². The van der Waals surface area contributed by atoms with E-state index in [1.807, 2.05) is 6.92 Å². The minimum Gasteiger partial charge on any atom is -0.398 e. The summed E-state index contributed by atoms with van der Waals surface area (Å²) in [4.78, 5) is 0. The summed E-state index contributed by atoms with van der Waals surface area (Å²) in [5, 5.41) is 9.53. The molecule has 0 aromatic heterocycles. The third kappa shape index (κ3) is 1.47. The molecular formula is C8H10ClNO. The third-order valence-corrected chi connectivity index (χ3v) is 2.14. The topological polar surface area (TPSA) is 46.2 Å². The average molecular weight is 172 g/mol. The molecule has 0 aliphatic heterocycles. The predicted molar refractivity (Wildman–Crippen MR) is 46.5 cm³/mol. The first-order valence-corrected chi connectivity index (χ1v) is 3.69. The number of nitrogen functional groups attached to an aromatic ring is 1. The molecule has 0 spiro atoms. The molecule has 11 heavy (non-hydrogen) atoms. The lowest BCUT2D eigenvalue weighted by atomic mass is 10.1. The van der Waals surface area contributed by atoms with Gasteiger partial charge in [0.2, 0.25) is 0 Å². The maximum atomic E-state index is 8.89. The molecule has 0 atom stereocenters. The lowest BCUT2D eigenvalue weighted by Crippen LogP contribution is -1.97. The van der Waals surface area contributed by atoms with Gasteiger partial charge in [0.05, 0.1) is 6.61 Å². The first-order valence-electron chi connectivity index (χ1n) is 3.31. The molecule has 0 aliphatic carbocycles. The summed E-state index contributed by atoms with van der Waals surface area (Å²) >= 11 is 5.80. The van der Waals surface area contributed by atoms with Crippen molar-refractivity contribution in [1.82, 2.24) is 0 Å². The molecule has 0 heterocycles. The molecule has 2 nitrogen and oxygen atoms in total. The minimum absolute atomic E-state index is 0.0573. The van der Waals surface area contributed by atoms with E-state index in [1.165, 1.54) is 0 Å². The second-order valence-electron chi connectivity index (χ2n) is 2.40. The average Bonchev–Trinajstić information content (AvgIpc) is 1.99. The van der Waals surface area contributed by atoms with Crippen molar-refractivity contribution in [1.29, 1.82) is 0 Å². The lowest BCUT2D eigenvalue weighted by Gasteiger charge is -2.07. The van der Waals surface area contributed by atoms with E-state index in [4.69, 9.17) is 22.4 Å². The molecule has 1 aromatic rings. The van der Waals surface area contributed by atoms with Crippen LogP contribution in [0, 0.1) is 6.92 Å². The minimum atomic E-state index is -0.0573. The van der Waals surface area contributed by atoms with Gasteiger partial charge in [0, 0.05) is 16.3 Å². The van der Waals surface area contributed by atoms with Crippen LogP contribution in [0.5, 0.6) is 0 Å². The summed E-state index contributed by atoms with van der Waals surface area (Å²) in [6, 6.07) is 3.42. The molecule has 1 aromatic carbocycles. The van der Waals surface area contributed by atoms with Crippen LogP contribution in [0.4, 0.5) is 5.69 Å². The van der Waals surface area contributed by atoms with Crippen LogP contribution in [0.15, 0.2) is 12.1 Å². The number of halogens is 1. The summed E-state index contributed by atoms with van der Waals surface area (Å²) in [5.74, 6) is 0. The molecule has 0 saturated heterocycles. The van der Waals surface area contributed by atoms with E-state index >= 15 is 0 Å². The molecule has 1 rings (SSSR count). The maximum Gasteiger partial charge on any atom is 0.0705 e. The molecule has 3 N–H and O–H groups in total. The van der Waals surface area contributed by atoms with Crippen LogP contribution in [0.25, 0.3) is 0 Å². The van der Waals surface area contributed by atoms with Crippen LogP contribution >= 0.6 is 11.6 Å². The molecule has 0 bridgehead atoms. The van der Waals surface area contributed by atoms with Gasteiger partial charge in [0.15, 0.2) is 0 Å². The molecular weight excluding hydrogens is 162 g/mol. The van der Waals surface area contributed by atoms with Gasteiger partial charge in [0.1, 0.15) is 0 Å². The SMILES string of the molecule is Cc1c(Cl)ccc(N)c1CO. The maximum absolute atomic E-state index is 8.89. The molecule has 3 heteroatoms. The van der Waals surface area contributed by atoms with E-state index in [2.05, 4.69) is 0 Å². The van der Waals surface area contributed by atoms with Crippen LogP contribution in [0.1, 0.15) is 11.1 Å². The van der Waals surface area contributed by atoms with Gasteiger partial charge in [-0.05, 0) is 24.6 Å². The Kier molecular flexibility index (Phi) is 2.37. The first-order chi connectivity index (χ1) is 5.16. The van der Waals surface area contributed by atoms with Crippen LogP contribution in [0.3, 0.4) is 0 Å². The molecule has 0 radical (unpaired) electrons. The van der Waals surface area contributed by atoms with Gasteiger partial charge in [-0.3, -0.25) is 0 Å². The van der Waals surface area contributed by atoms with Crippen molar-refractivity contribution in [3.8, 4) is 0 Å². The Bertz CT molecular complexity index is 273. The highest BCUT2D eigenvalue weighted by atomic mass is 35.5. The fourth-order valence-corrected chi connectivity index (χ4v) is 1.14. The van der Waals surface area contributed by atoms with Crippen LogP contribution < -0.4 is 5.73 Å². The fraction of sp³-hybridized carbons (Fsp3) is 0.250. The number of hydrogen-bond donors (Lipinski definition) is 2. The zero-order valence-electron chi connectivity index (χ0n) is 6.26. The monoisotopic (exact) mass is 171 g/mol. The van der Waals surface area contributed by atoms with Crippen LogP contribution in [0.2, 0.25) is 5.02 Å². The van der Waals surface area contributed by atoms with Crippen molar-refractivity contribution in [3.63, 3.8) is 0 Å². The van der Waals surface area contributed by atoms with E-state index in [0.717, 1.165) is 11.1 Å². The Hall–Kier alpha value is -0.730. The smallest absolute Gasteiger partial charge is 0.0705 e. The van der Waals surface area contributed by atoms with Gasteiger partial charge < -0.3 is 10.8 Å². The summed E-state index contributed by atoms with van der Waals surface area (Å²) < 4.78 is 0. The molecule has 0 amide bonds. The lowest BCUT2D eigenvalue weighted by molar-refractivity contribution is 0.282. The standard InChI is InChI=1S/C8H10ClNO/c1-5-6(4-11)8(10)3-2-7(5)9/h2-3,11H,4,10H2,1H3. The van der Waals surface area contributed by atoms with Crippen LogP contribution in [-0.4, -0.2) is 5.11 Å². The number of benzene rings is 1. The first kappa shape index (κ1) is 8.37. The van der Waals surface area contributed by atoms with Crippen molar-refractivity contribution >= 4 is 17.3 Å². The number of anilines is 1. The Morgan fingerprint density at radius 2 is 2.18 bits per heavy atom. The number of rotatable bonds is 1. The van der Waals surface area contributed by atoms with E-state index in [1.54, 1.807) is 12.1 Å². The normalized spacial score (nSPS) is 10.1. The third-order valence-electron chi connectivity index (χ3n) is 1.73. The van der Waals surface area contributed by atoms with Crippen molar-refractivity contribution in [2.75, 3.05) is 5.73 Å². The predicted octanol–water partition coefficient (Wildman–Crippen LogP) is 1.72. The number of aliphatic hydroxyl groups excluding tert-OH is 1. The largest absolute Gasteiger partial charge is 0.398 e. The number of hydrogen-bond acceptors (Lipinski definition) is 2. The van der Waals surface area contributed by atoms with Crippen LogP contribution in [-0.2, 0) is 6.61 Å². The number of aliphatic hydroxyl groups is 1. The summed E-state index contributed by atoms with van der Waals surface area (Å²) in [6.07, 6.45) is 0. The summed E-state index contributed by atoms with van der Waals surface area (Å²) in [7, 11) is 0. The van der Waals surface area contributed by atoms with Crippen molar-refractivity contribution in [3.05, 3.63) is 28.3 Å². The molecule has 0 saturated carbocycles. The quantitative estimate of drug-likeness (QED) is 0.633. The zero-order valence-corrected chi connectivity index (χ0v) is 7.02. The van der Waals surface area contributed by atoms with E-state index in [0.29, 0.717) is 10.7 Å². The highest BCUT2D eigenvalue weighted by Gasteiger charge is 2.04. The van der Waals surface area contributed by atoms with Crippen molar-refractivity contribution in [2.24, 2.45) is 0 Å². The Balaban J connectivity index is 3.29. The van der Waals surface area contributed by atoms with Gasteiger partial charge in [-0.15, -0.1) is 0 Å². The van der Waals surface area contributed by atoms with E-state index in [9.17, 15) is 0 Å². The van der Waals surface area contributed by atoms with Gasteiger partial charge in [-0.25, -0.2) is 0 Å². The van der Waals surface area contributed by atoms with Crippen molar-refractivity contribution in [2.45, 2.75) is 13.5 Å². The molecule has 0 aliphatic rings. The zero-order chi connectivity index (χ0) is 8.43. The van der Waals surface area contributed by atoms with Gasteiger partial charge in [-0.1, -0.05) is 11.6 Å². The highest BCUT2D eigenvalue weighted by molar-refractivity contribution is 6.31. The van der Waals surface area contributed by atoms with Gasteiger partial charge in [-0.2, -0.15) is 0 Å².